The molecule has 0 amide bonds. The molecular weight excluding hydrogens is 186 g/mol. The number of unbranched alkanes of at least 4 members (excludes halogenated alkanes) is 3. The first-order valence-corrected chi connectivity index (χ1v) is 5.71. The number of carbonyl (C=O) groups is 1. The average Bonchev–Trinajstić information content (AvgIpc) is 2.24. The van der Waals surface area contributed by atoms with Gasteiger partial charge in [-0.15, -0.1) is 0 Å². The highest BCUT2D eigenvalue weighted by Gasteiger charge is 2.06. The largest absolute Gasteiger partial charge is 0.292 e. The summed E-state index contributed by atoms with van der Waals surface area (Å²) in [7, 11) is 0. The number of rotatable bonds is 6. The lowest BCUT2D eigenvalue weighted by Crippen LogP contribution is -2.02. The fraction of sp³-hybridized carbons (Fsp3) is 0.538. The first kappa shape index (κ1) is 11.9. The summed E-state index contributed by atoms with van der Waals surface area (Å²) in [6.07, 6.45) is 5.19. The number of aryl methyl sites for hydroxylation is 1. The molecule has 0 radical (unpaired) electrons. The molecule has 1 heterocycles. The maximum Gasteiger partial charge on any atom is 0.181 e. The van der Waals surface area contributed by atoms with Crippen molar-refractivity contribution in [1.29, 1.82) is 0 Å². The minimum atomic E-state index is 0.176. The van der Waals surface area contributed by atoms with Crippen molar-refractivity contribution >= 4 is 5.78 Å². The number of Topliss-reactive ketones (excluding diaryl/α,β-unsaturated/α-hetero) is 1. The summed E-state index contributed by atoms with van der Waals surface area (Å²) >= 11 is 0. The first-order valence-electron chi connectivity index (χ1n) is 5.71. The van der Waals surface area contributed by atoms with E-state index in [9.17, 15) is 4.79 Å². The molecule has 1 rings (SSSR count). The highest BCUT2D eigenvalue weighted by Crippen LogP contribution is 2.07. The van der Waals surface area contributed by atoms with Crippen LogP contribution in [0.25, 0.3) is 0 Å². The number of carbonyl (C=O) groups excluding carboxylic acids is 1. The fourth-order valence-corrected chi connectivity index (χ4v) is 1.54. The van der Waals surface area contributed by atoms with Gasteiger partial charge in [-0.25, -0.2) is 0 Å². The van der Waals surface area contributed by atoms with Gasteiger partial charge in [-0.2, -0.15) is 0 Å². The van der Waals surface area contributed by atoms with Crippen molar-refractivity contribution in [2.75, 3.05) is 0 Å². The third-order valence-electron chi connectivity index (χ3n) is 2.43. The van der Waals surface area contributed by atoms with Crippen molar-refractivity contribution in [2.24, 2.45) is 0 Å². The summed E-state index contributed by atoms with van der Waals surface area (Å²) in [5.41, 5.74) is 1.53. The molecule has 15 heavy (non-hydrogen) atoms. The van der Waals surface area contributed by atoms with Gasteiger partial charge in [0.25, 0.3) is 0 Å². The number of ketones is 1. The Morgan fingerprint density at radius 3 is 2.73 bits per heavy atom. The van der Waals surface area contributed by atoms with Gasteiger partial charge in [-0.1, -0.05) is 32.3 Å². The molecule has 0 unspecified atom stereocenters. The number of pyridine rings is 1. The molecule has 0 saturated carbocycles. The van der Waals surface area contributed by atoms with Crippen LogP contribution in [0.2, 0.25) is 0 Å². The summed E-state index contributed by atoms with van der Waals surface area (Å²) in [5.74, 6) is 0.176. The van der Waals surface area contributed by atoms with Gasteiger partial charge in [0.05, 0.1) is 0 Å². The molecule has 0 aliphatic rings. The Morgan fingerprint density at radius 1 is 1.27 bits per heavy atom. The minimum absolute atomic E-state index is 0.176. The summed E-state index contributed by atoms with van der Waals surface area (Å²) in [5, 5.41) is 0. The molecule has 0 fully saturated rings. The maximum absolute atomic E-state index is 11.7. The second-order valence-corrected chi connectivity index (χ2v) is 3.90. The summed E-state index contributed by atoms with van der Waals surface area (Å²) in [6.45, 7) is 4.08. The third-order valence-corrected chi connectivity index (χ3v) is 2.43. The second-order valence-electron chi connectivity index (χ2n) is 3.90. The Kier molecular flexibility index (Phi) is 5.02. The predicted octanol–water partition coefficient (Wildman–Crippen LogP) is 3.54. The molecule has 0 saturated heterocycles. The van der Waals surface area contributed by atoms with Gasteiger partial charge in [0, 0.05) is 12.1 Å². The quantitative estimate of drug-likeness (QED) is 0.525. The molecule has 2 nitrogen and oxygen atoms in total. The molecule has 0 aliphatic carbocycles. The van der Waals surface area contributed by atoms with Crippen molar-refractivity contribution in [3.63, 3.8) is 0 Å². The predicted molar refractivity (Wildman–Crippen MR) is 62.1 cm³/mol. The van der Waals surface area contributed by atoms with Crippen LogP contribution in [0.1, 0.15) is 55.2 Å². The zero-order chi connectivity index (χ0) is 11.1. The van der Waals surface area contributed by atoms with E-state index in [2.05, 4.69) is 11.9 Å². The highest BCUT2D eigenvalue weighted by atomic mass is 16.1. The molecule has 0 atom stereocenters. The van der Waals surface area contributed by atoms with E-state index in [0.717, 1.165) is 18.5 Å². The van der Waals surface area contributed by atoms with E-state index in [1.165, 1.54) is 12.8 Å². The average molecular weight is 205 g/mol. The van der Waals surface area contributed by atoms with Crippen LogP contribution in [0.15, 0.2) is 18.2 Å². The van der Waals surface area contributed by atoms with E-state index in [0.29, 0.717) is 12.1 Å². The Hall–Kier alpha value is -1.18. The van der Waals surface area contributed by atoms with Crippen LogP contribution in [0, 0.1) is 6.92 Å². The Balaban J connectivity index is 2.40. The van der Waals surface area contributed by atoms with Crippen molar-refractivity contribution in [3.8, 4) is 0 Å². The monoisotopic (exact) mass is 205 g/mol. The van der Waals surface area contributed by atoms with Crippen molar-refractivity contribution in [3.05, 3.63) is 29.6 Å². The fourth-order valence-electron chi connectivity index (χ4n) is 1.54. The molecular formula is C13H19NO. The van der Waals surface area contributed by atoms with Crippen LogP contribution in [-0.4, -0.2) is 10.8 Å². The van der Waals surface area contributed by atoms with Gasteiger partial charge >= 0.3 is 0 Å². The van der Waals surface area contributed by atoms with Crippen LogP contribution in [0.3, 0.4) is 0 Å². The standard InChI is InChI=1S/C13H19NO/c1-3-4-5-6-10-13(15)12-9-7-8-11(2)14-12/h7-9H,3-6,10H2,1-2H3. The van der Waals surface area contributed by atoms with E-state index in [4.69, 9.17) is 0 Å². The van der Waals surface area contributed by atoms with E-state index < -0.39 is 0 Å². The van der Waals surface area contributed by atoms with Crippen molar-refractivity contribution < 1.29 is 4.79 Å². The molecule has 0 spiro atoms. The van der Waals surface area contributed by atoms with Gasteiger partial charge in [-0.3, -0.25) is 9.78 Å². The third kappa shape index (κ3) is 4.24. The molecule has 0 N–H and O–H groups in total. The van der Waals surface area contributed by atoms with Crippen molar-refractivity contribution in [2.45, 2.75) is 46.0 Å². The van der Waals surface area contributed by atoms with E-state index >= 15 is 0 Å². The van der Waals surface area contributed by atoms with Gasteiger partial charge < -0.3 is 0 Å². The van der Waals surface area contributed by atoms with Gasteiger partial charge in [0.1, 0.15) is 5.69 Å². The summed E-state index contributed by atoms with van der Waals surface area (Å²) in [4.78, 5) is 15.9. The van der Waals surface area contributed by atoms with Gasteiger partial charge in [0.15, 0.2) is 5.78 Å². The Morgan fingerprint density at radius 2 is 2.07 bits per heavy atom. The second kappa shape index (κ2) is 6.33. The lowest BCUT2D eigenvalue weighted by atomic mass is 10.1. The summed E-state index contributed by atoms with van der Waals surface area (Å²) in [6, 6.07) is 5.60. The molecule has 82 valence electrons. The molecule has 1 aromatic heterocycles. The number of nitrogens with zero attached hydrogens (tertiary/aromatic N) is 1. The maximum atomic E-state index is 11.7. The van der Waals surface area contributed by atoms with Crippen LogP contribution in [0.5, 0.6) is 0 Å². The van der Waals surface area contributed by atoms with Crippen LogP contribution in [0.4, 0.5) is 0 Å². The molecule has 0 aromatic carbocycles. The zero-order valence-corrected chi connectivity index (χ0v) is 9.62. The van der Waals surface area contributed by atoms with Crippen LogP contribution < -0.4 is 0 Å². The first-order chi connectivity index (χ1) is 7.24. The summed E-state index contributed by atoms with van der Waals surface area (Å²) < 4.78 is 0. The molecule has 1 aromatic rings. The molecule has 2 heteroatoms. The Bertz CT molecular complexity index is 320. The minimum Gasteiger partial charge on any atom is -0.292 e. The lowest BCUT2D eigenvalue weighted by Gasteiger charge is -2.01. The zero-order valence-electron chi connectivity index (χ0n) is 9.62. The van der Waals surface area contributed by atoms with E-state index in [1.807, 2.05) is 19.1 Å². The molecule has 0 bridgehead atoms. The smallest absolute Gasteiger partial charge is 0.181 e. The SMILES string of the molecule is CCCCCCC(=O)c1cccc(C)n1. The molecule has 0 aliphatic heterocycles. The van der Waals surface area contributed by atoms with Gasteiger partial charge in [-0.05, 0) is 25.5 Å². The lowest BCUT2D eigenvalue weighted by molar-refractivity contribution is 0.0974. The van der Waals surface area contributed by atoms with Crippen LogP contribution >= 0.6 is 0 Å². The van der Waals surface area contributed by atoms with Gasteiger partial charge in [0.2, 0.25) is 0 Å². The number of hydrogen-bond acceptors (Lipinski definition) is 2. The Labute approximate surface area is 91.7 Å². The van der Waals surface area contributed by atoms with Crippen LogP contribution in [-0.2, 0) is 0 Å². The van der Waals surface area contributed by atoms with E-state index in [-0.39, 0.29) is 5.78 Å². The highest BCUT2D eigenvalue weighted by molar-refractivity contribution is 5.94. The van der Waals surface area contributed by atoms with E-state index in [1.54, 1.807) is 6.07 Å². The normalized spacial score (nSPS) is 10.3. The number of aromatic nitrogens is 1. The van der Waals surface area contributed by atoms with Crippen molar-refractivity contribution in [1.82, 2.24) is 4.98 Å². The number of hydrogen-bond donors (Lipinski definition) is 0. The topological polar surface area (TPSA) is 30.0 Å².